The van der Waals surface area contributed by atoms with Crippen molar-refractivity contribution >= 4 is 18.0 Å². The first kappa shape index (κ1) is 25.0. The summed E-state index contributed by atoms with van der Waals surface area (Å²) in [5.41, 5.74) is 8.70. The number of nitrogens with two attached hydrogens (primary N) is 1. The number of benzene rings is 2. The van der Waals surface area contributed by atoms with E-state index >= 15 is 0 Å². The van der Waals surface area contributed by atoms with Gasteiger partial charge in [0.2, 0.25) is 0 Å². The lowest BCUT2D eigenvalue weighted by Crippen LogP contribution is -2.55. The lowest BCUT2D eigenvalue weighted by molar-refractivity contribution is -0.143. The molecule has 8 heteroatoms. The molecule has 34 heavy (non-hydrogen) atoms. The van der Waals surface area contributed by atoms with E-state index in [1.165, 1.54) is 7.11 Å². The maximum absolute atomic E-state index is 13.8. The topological polar surface area (TPSA) is 102 Å². The normalized spacial score (nSPS) is 16.9. The molecule has 1 heterocycles. The van der Waals surface area contributed by atoms with E-state index in [1.54, 1.807) is 23.6 Å². The third kappa shape index (κ3) is 5.63. The van der Waals surface area contributed by atoms with Gasteiger partial charge in [0.15, 0.2) is 0 Å². The van der Waals surface area contributed by atoms with Gasteiger partial charge in [-0.25, -0.2) is 9.59 Å². The summed E-state index contributed by atoms with van der Waals surface area (Å²) in [4.78, 5) is 42.2. The van der Waals surface area contributed by atoms with Crippen molar-refractivity contribution < 1.29 is 23.9 Å². The number of carbonyl (C=O) groups is 3. The van der Waals surface area contributed by atoms with Crippen LogP contribution < -0.4 is 5.73 Å². The van der Waals surface area contributed by atoms with Gasteiger partial charge >= 0.3 is 18.0 Å². The number of amides is 2. The highest BCUT2D eigenvalue weighted by Crippen LogP contribution is 2.32. The van der Waals surface area contributed by atoms with Crippen LogP contribution in [0.5, 0.6) is 0 Å². The Bertz CT molecular complexity index is 1040. The standard InChI is InChI=1S/C26H31N3O5/c1-4-34-25(31)23-18(2)28(16-19-11-7-5-8-12-19)26(32)29(17-20-13-9-6-10-14-20)22(23)15-21(27)24(30)33-3/h5-14,21-22H,4,15-17,27H2,1-3H3/t21-,22-/m0/s1. The van der Waals surface area contributed by atoms with E-state index < -0.39 is 24.0 Å². The van der Waals surface area contributed by atoms with Crippen LogP contribution in [0, 0.1) is 0 Å². The molecule has 0 spiro atoms. The molecule has 2 N–H and O–H groups in total. The summed E-state index contributed by atoms with van der Waals surface area (Å²) in [6, 6.07) is 17.0. The number of carbonyl (C=O) groups excluding carboxylic acids is 3. The molecule has 0 aliphatic carbocycles. The molecule has 0 fully saturated rings. The molecule has 1 aliphatic heterocycles. The quantitative estimate of drug-likeness (QED) is 0.571. The zero-order valence-corrected chi connectivity index (χ0v) is 19.8. The first-order valence-electron chi connectivity index (χ1n) is 11.2. The van der Waals surface area contributed by atoms with Crippen LogP contribution in [0.2, 0.25) is 0 Å². The van der Waals surface area contributed by atoms with Gasteiger partial charge in [-0.1, -0.05) is 60.7 Å². The Hall–Kier alpha value is -3.65. The van der Waals surface area contributed by atoms with Crippen molar-refractivity contribution in [3.63, 3.8) is 0 Å². The zero-order valence-electron chi connectivity index (χ0n) is 19.8. The SMILES string of the molecule is CCOC(=O)C1=C(C)N(Cc2ccccc2)C(=O)N(Cc2ccccc2)[C@H]1C[C@H](N)C(=O)OC. The Morgan fingerprint density at radius 3 is 2.09 bits per heavy atom. The minimum Gasteiger partial charge on any atom is -0.468 e. The van der Waals surface area contributed by atoms with Crippen LogP contribution in [-0.2, 0) is 32.2 Å². The highest BCUT2D eigenvalue weighted by atomic mass is 16.5. The van der Waals surface area contributed by atoms with Crippen LogP contribution in [0.1, 0.15) is 31.4 Å². The fraction of sp³-hybridized carbons (Fsp3) is 0.346. The number of rotatable bonds is 9. The van der Waals surface area contributed by atoms with Crippen molar-refractivity contribution in [3.8, 4) is 0 Å². The monoisotopic (exact) mass is 465 g/mol. The number of hydrogen-bond acceptors (Lipinski definition) is 6. The second kappa shape index (κ2) is 11.5. The number of urea groups is 1. The average molecular weight is 466 g/mol. The molecule has 0 radical (unpaired) electrons. The van der Waals surface area contributed by atoms with Crippen molar-refractivity contribution in [2.45, 2.75) is 45.4 Å². The van der Waals surface area contributed by atoms with Crippen molar-refractivity contribution in [2.75, 3.05) is 13.7 Å². The van der Waals surface area contributed by atoms with E-state index in [0.717, 1.165) is 11.1 Å². The first-order valence-corrected chi connectivity index (χ1v) is 11.2. The second-order valence-electron chi connectivity index (χ2n) is 8.07. The van der Waals surface area contributed by atoms with E-state index in [0.29, 0.717) is 11.3 Å². The molecule has 3 rings (SSSR count). The third-order valence-electron chi connectivity index (χ3n) is 5.84. The molecule has 0 aromatic heterocycles. The fourth-order valence-electron chi connectivity index (χ4n) is 4.11. The molecular formula is C26H31N3O5. The van der Waals surface area contributed by atoms with Crippen LogP contribution in [0.15, 0.2) is 71.9 Å². The molecule has 2 atom stereocenters. The molecule has 0 saturated carbocycles. The number of hydrogen-bond donors (Lipinski definition) is 1. The number of nitrogens with zero attached hydrogens (tertiary/aromatic N) is 2. The van der Waals surface area contributed by atoms with Crippen LogP contribution in [-0.4, -0.2) is 53.6 Å². The van der Waals surface area contributed by atoms with Crippen LogP contribution in [0.4, 0.5) is 4.79 Å². The molecule has 0 saturated heterocycles. The Morgan fingerprint density at radius 2 is 1.56 bits per heavy atom. The van der Waals surface area contributed by atoms with Crippen molar-refractivity contribution in [3.05, 3.63) is 83.1 Å². The Kier molecular flexibility index (Phi) is 8.43. The predicted molar refractivity (Wildman–Crippen MR) is 127 cm³/mol. The van der Waals surface area contributed by atoms with Crippen molar-refractivity contribution in [2.24, 2.45) is 5.73 Å². The van der Waals surface area contributed by atoms with Gasteiger partial charge in [-0.15, -0.1) is 0 Å². The molecule has 2 aromatic rings. The maximum Gasteiger partial charge on any atom is 0.337 e. The molecule has 8 nitrogen and oxygen atoms in total. The summed E-state index contributed by atoms with van der Waals surface area (Å²) < 4.78 is 10.2. The van der Waals surface area contributed by atoms with Crippen molar-refractivity contribution in [1.29, 1.82) is 0 Å². The van der Waals surface area contributed by atoms with Gasteiger partial charge in [0, 0.05) is 12.2 Å². The third-order valence-corrected chi connectivity index (χ3v) is 5.84. The van der Waals surface area contributed by atoms with Gasteiger partial charge in [0.25, 0.3) is 0 Å². The molecule has 0 bridgehead atoms. The van der Waals surface area contributed by atoms with Crippen LogP contribution >= 0.6 is 0 Å². The lowest BCUT2D eigenvalue weighted by atomic mass is 9.93. The van der Waals surface area contributed by atoms with E-state index in [-0.39, 0.29) is 32.1 Å². The minimum absolute atomic E-state index is 0.0237. The highest BCUT2D eigenvalue weighted by Gasteiger charge is 2.42. The number of methoxy groups -OCH3 is 1. The molecular weight excluding hydrogens is 434 g/mol. The van der Waals surface area contributed by atoms with Crippen LogP contribution in [0.3, 0.4) is 0 Å². The molecule has 1 aliphatic rings. The Labute approximate surface area is 199 Å². The number of allylic oxidation sites excluding steroid dienone is 1. The summed E-state index contributed by atoms with van der Waals surface area (Å²) >= 11 is 0. The van der Waals surface area contributed by atoms with Gasteiger partial charge in [-0.3, -0.25) is 9.69 Å². The first-order chi connectivity index (χ1) is 16.4. The maximum atomic E-state index is 13.8. The summed E-state index contributed by atoms with van der Waals surface area (Å²) in [7, 11) is 1.25. The van der Waals surface area contributed by atoms with E-state index in [4.69, 9.17) is 15.2 Å². The summed E-state index contributed by atoms with van der Waals surface area (Å²) in [6.07, 6.45) is 0.0237. The van der Waals surface area contributed by atoms with Gasteiger partial charge in [-0.2, -0.15) is 0 Å². The fourth-order valence-corrected chi connectivity index (χ4v) is 4.11. The van der Waals surface area contributed by atoms with Gasteiger partial charge in [-0.05, 0) is 31.4 Å². The average Bonchev–Trinajstić information content (AvgIpc) is 2.85. The number of esters is 2. The molecule has 180 valence electrons. The molecule has 0 unspecified atom stereocenters. The van der Waals surface area contributed by atoms with Crippen molar-refractivity contribution in [1.82, 2.24) is 9.80 Å². The van der Waals surface area contributed by atoms with Gasteiger partial charge < -0.3 is 20.1 Å². The van der Waals surface area contributed by atoms with Gasteiger partial charge in [0.05, 0.1) is 31.9 Å². The largest absolute Gasteiger partial charge is 0.468 e. The van der Waals surface area contributed by atoms with E-state index in [2.05, 4.69) is 0 Å². The van der Waals surface area contributed by atoms with E-state index in [9.17, 15) is 14.4 Å². The Morgan fingerprint density at radius 1 is 1.00 bits per heavy atom. The molecule has 2 aromatic carbocycles. The predicted octanol–water partition coefficient (Wildman–Crippen LogP) is 3.22. The summed E-state index contributed by atoms with van der Waals surface area (Å²) in [5, 5.41) is 0. The van der Waals surface area contributed by atoms with Crippen LogP contribution in [0.25, 0.3) is 0 Å². The van der Waals surface area contributed by atoms with Gasteiger partial charge in [0.1, 0.15) is 6.04 Å². The van der Waals surface area contributed by atoms with E-state index in [1.807, 2.05) is 60.7 Å². The summed E-state index contributed by atoms with van der Waals surface area (Å²) in [6.45, 7) is 4.15. The minimum atomic E-state index is -1.01. The smallest absolute Gasteiger partial charge is 0.337 e. The highest BCUT2D eigenvalue weighted by molar-refractivity contribution is 5.95. The second-order valence-corrected chi connectivity index (χ2v) is 8.07. The summed E-state index contributed by atoms with van der Waals surface area (Å²) in [5.74, 6) is -1.15. The Balaban J connectivity index is 2.09. The lowest BCUT2D eigenvalue weighted by Gasteiger charge is -2.43. The zero-order chi connectivity index (χ0) is 24.7. The number of ether oxygens (including phenoxy) is 2. The molecule has 2 amide bonds.